The summed E-state index contributed by atoms with van der Waals surface area (Å²) in [6, 6.07) is 4.71. The fourth-order valence-corrected chi connectivity index (χ4v) is 2.03. The van der Waals surface area contributed by atoms with Gasteiger partial charge in [-0.1, -0.05) is 6.07 Å². The van der Waals surface area contributed by atoms with Crippen LogP contribution in [0.1, 0.15) is 25.0 Å². The van der Waals surface area contributed by atoms with Gasteiger partial charge in [0.15, 0.2) is 6.29 Å². The molecule has 0 saturated heterocycles. The van der Waals surface area contributed by atoms with Gasteiger partial charge in [0.2, 0.25) is 0 Å². The molecular formula is C16H22F3NO3. The standard InChI is InChI=1S/C16H22F3NO3/c1-5-22-14(23-6-2)10-20(15(21)16(17,18)19)13-8-7-11(3)12(4)9-13/h7-9,14H,5-6,10H2,1-4H3. The monoisotopic (exact) mass is 333 g/mol. The van der Waals surface area contributed by atoms with Crippen LogP contribution in [0.15, 0.2) is 18.2 Å². The van der Waals surface area contributed by atoms with Gasteiger partial charge in [-0.25, -0.2) is 0 Å². The highest BCUT2D eigenvalue weighted by atomic mass is 19.4. The van der Waals surface area contributed by atoms with Crippen molar-refractivity contribution in [3.63, 3.8) is 0 Å². The van der Waals surface area contributed by atoms with Crippen molar-refractivity contribution in [1.82, 2.24) is 0 Å². The summed E-state index contributed by atoms with van der Waals surface area (Å²) in [6.45, 7) is 7.24. The number of anilines is 1. The van der Waals surface area contributed by atoms with Crippen LogP contribution >= 0.6 is 0 Å². The maximum Gasteiger partial charge on any atom is 0.471 e. The van der Waals surface area contributed by atoms with E-state index in [4.69, 9.17) is 9.47 Å². The first kappa shape index (κ1) is 19.4. The Hall–Kier alpha value is -1.60. The molecular weight excluding hydrogens is 311 g/mol. The summed E-state index contributed by atoms with van der Waals surface area (Å²) in [5.74, 6) is -1.94. The average Bonchev–Trinajstić information content (AvgIpc) is 2.46. The summed E-state index contributed by atoms with van der Waals surface area (Å²) in [4.78, 5) is 12.5. The van der Waals surface area contributed by atoms with Gasteiger partial charge in [-0.2, -0.15) is 13.2 Å². The minimum Gasteiger partial charge on any atom is -0.351 e. The molecule has 130 valence electrons. The molecule has 1 aromatic carbocycles. The number of halogens is 3. The van der Waals surface area contributed by atoms with Gasteiger partial charge in [-0.15, -0.1) is 0 Å². The summed E-state index contributed by atoms with van der Waals surface area (Å²) in [6.07, 6.45) is -5.89. The van der Waals surface area contributed by atoms with E-state index in [1.54, 1.807) is 32.9 Å². The molecule has 0 aliphatic carbocycles. The van der Waals surface area contributed by atoms with Gasteiger partial charge in [0, 0.05) is 18.9 Å². The molecule has 0 atom stereocenters. The maximum atomic E-state index is 12.9. The number of benzene rings is 1. The first-order valence-corrected chi connectivity index (χ1v) is 7.39. The van der Waals surface area contributed by atoms with Gasteiger partial charge in [0.25, 0.3) is 0 Å². The Balaban J connectivity index is 3.15. The number of nitrogens with zero attached hydrogens (tertiary/aromatic N) is 1. The normalized spacial score (nSPS) is 11.8. The van der Waals surface area contributed by atoms with Crippen LogP contribution in [0.2, 0.25) is 0 Å². The Morgan fingerprint density at radius 2 is 1.70 bits per heavy atom. The summed E-state index contributed by atoms with van der Waals surface area (Å²) in [7, 11) is 0. The quantitative estimate of drug-likeness (QED) is 0.716. The number of hydrogen-bond acceptors (Lipinski definition) is 3. The molecule has 0 unspecified atom stereocenters. The molecule has 0 heterocycles. The first-order valence-electron chi connectivity index (χ1n) is 7.39. The number of rotatable bonds is 7. The van der Waals surface area contributed by atoms with Crippen molar-refractivity contribution in [2.24, 2.45) is 0 Å². The summed E-state index contributed by atoms with van der Waals surface area (Å²) >= 11 is 0. The Morgan fingerprint density at radius 1 is 1.13 bits per heavy atom. The summed E-state index contributed by atoms with van der Waals surface area (Å²) in [5, 5.41) is 0. The molecule has 0 spiro atoms. The highest BCUT2D eigenvalue weighted by Gasteiger charge is 2.43. The number of carbonyl (C=O) groups is 1. The Labute approximate surface area is 134 Å². The predicted molar refractivity (Wildman–Crippen MR) is 81.4 cm³/mol. The zero-order chi connectivity index (χ0) is 17.6. The second kappa shape index (κ2) is 8.31. The van der Waals surface area contributed by atoms with Crippen molar-refractivity contribution in [3.8, 4) is 0 Å². The van der Waals surface area contributed by atoms with Crippen molar-refractivity contribution in [2.75, 3.05) is 24.7 Å². The topological polar surface area (TPSA) is 38.8 Å². The molecule has 0 radical (unpaired) electrons. The number of alkyl halides is 3. The second-order valence-corrected chi connectivity index (χ2v) is 5.02. The first-order chi connectivity index (χ1) is 10.7. The van der Waals surface area contributed by atoms with Crippen LogP contribution in [-0.4, -0.2) is 38.1 Å². The fourth-order valence-electron chi connectivity index (χ4n) is 2.03. The van der Waals surface area contributed by atoms with Crippen LogP contribution in [0, 0.1) is 13.8 Å². The molecule has 0 fully saturated rings. The zero-order valence-electron chi connectivity index (χ0n) is 13.7. The number of hydrogen-bond donors (Lipinski definition) is 0. The summed E-state index contributed by atoms with van der Waals surface area (Å²) in [5.41, 5.74) is 1.89. The number of aryl methyl sites for hydroxylation is 2. The van der Waals surface area contributed by atoms with Crippen molar-refractivity contribution >= 4 is 11.6 Å². The van der Waals surface area contributed by atoms with E-state index < -0.39 is 18.4 Å². The molecule has 0 aliphatic rings. The minimum atomic E-state index is -4.97. The minimum absolute atomic E-state index is 0.167. The van der Waals surface area contributed by atoms with E-state index in [1.807, 2.05) is 6.92 Å². The number of amides is 1. The van der Waals surface area contributed by atoms with Crippen LogP contribution in [-0.2, 0) is 14.3 Å². The molecule has 0 bridgehead atoms. The average molecular weight is 333 g/mol. The van der Waals surface area contributed by atoms with E-state index in [0.29, 0.717) is 4.90 Å². The summed E-state index contributed by atoms with van der Waals surface area (Å²) < 4.78 is 49.3. The fraction of sp³-hybridized carbons (Fsp3) is 0.562. The van der Waals surface area contributed by atoms with Crippen molar-refractivity contribution < 1.29 is 27.4 Å². The van der Waals surface area contributed by atoms with E-state index >= 15 is 0 Å². The highest BCUT2D eigenvalue weighted by Crippen LogP contribution is 2.26. The third-order valence-electron chi connectivity index (χ3n) is 3.33. The third kappa shape index (κ3) is 5.51. The van der Waals surface area contributed by atoms with Gasteiger partial charge in [0.1, 0.15) is 0 Å². The zero-order valence-corrected chi connectivity index (χ0v) is 13.7. The third-order valence-corrected chi connectivity index (χ3v) is 3.33. The van der Waals surface area contributed by atoms with Gasteiger partial charge in [-0.05, 0) is 51.0 Å². The van der Waals surface area contributed by atoms with Crippen molar-refractivity contribution in [3.05, 3.63) is 29.3 Å². The molecule has 0 N–H and O–H groups in total. The number of carbonyl (C=O) groups excluding carboxylic acids is 1. The Bertz CT molecular complexity index is 526. The molecule has 1 amide bonds. The van der Waals surface area contributed by atoms with Crippen molar-refractivity contribution in [2.45, 2.75) is 40.2 Å². The van der Waals surface area contributed by atoms with Crippen LogP contribution in [0.4, 0.5) is 18.9 Å². The molecule has 1 aromatic rings. The molecule has 7 heteroatoms. The molecule has 23 heavy (non-hydrogen) atoms. The predicted octanol–water partition coefficient (Wildman–Crippen LogP) is 3.60. The lowest BCUT2D eigenvalue weighted by atomic mass is 10.1. The largest absolute Gasteiger partial charge is 0.471 e. The van der Waals surface area contributed by atoms with Crippen LogP contribution < -0.4 is 4.90 Å². The van der Waals surface area contributed by atoms with Gasteiger partial charge in [-0.3, -0.25) is 9.69 Å². The van der Waals surface area contributed by atoms with Gasteiger partial charge < -0.3 is 9.47 Å². The van der Waals surface area contributed by atoms with Crippen molar-refractivity contribution in [1.29, 1.82) is 0 Å². The van der Waals surface area contributed by atoms with E-state index in [0.717, 1.165) is 11.1 Å². The van der Waals surface area contributed by atoms with E-state index in [-0.39, 0.29) is 25.4 Å². The highest BCUT2D eigenvalue weighted by molar-refractivity contribution is 5.97. The lowest BCUT2D eigenvalue weighted by Gasteiger charge is -2.28. The maximum absolute atomic E-state index is 12.9. The van der Waals surface area contributed by atoms with E-state index in [1.165, 1.54) is 6.07 Å². The molecule has 0 saturated carbocycles. The van der Waals surface area contributed by atoms with Crippen LogP contribution in [0.3, 0.4) is 0 Å². The second-order valence-electron chi connectivity index (χ2n) is 5.02. The molecule has 0 aromatic heterocycles. The lowest BCUT2D eigenvalue weighted by Crippen LogP contribution is -2.46. The Kier molecular flexibility index (Phi) is 7.02. The van der Waals surface area contributed by atoms with E-state index in [2.05, 4.69) is 0 Å². The van der Waals surface area contributed by atoms with Gasteiger partial charge >= 0.3 is 12.1 Å². The molecule has 4 nitrogen and oxygen atoms in total. The van der Waals surface area contributed by atoms with Crippen LogP contribution in [0.5, 0.6) is 0 Å². The number of ether oxygens (including phenoxy) is 2. The van der Waals surface area contributed by atoms with Gasteiger partial charge in [0.05, 0.1) is 6.54 Å². The molecule has 1 rings (SSSR count). The van der Waals surface area contributed by atoms with Crippen LogP contribution in [0.25, 0.3) is 0 Å². The lowest BCUT2D eigenvalue weighted by molar-refractivity contribution is -0.173. The van der Waals surface area contributed by atoms with E-state index in [9.17, 15) is 18.0 Å². The Morgan fingerprint density at radius 3 is 2.13 bits per heavy atom. The SMILES string of the molecule is CCOC(CN(C(=O)C(F)(F)F)c1ccc(C)c(C)c1)OCC. The molecule has 0 aliphatic heterocycles. The smallest absolute Gasteiger partial charge is 0.351 e.